The largest absolute Gasteiger partial charge is 0.504 e. The van der Waals surface area contributed by atoms with Crippen molar-refractivity contribution in [3.8, 4) is 11.5 Å². The molecule has 128 valence electrons. The third kappa shape index (κ3) is 2.44. The first kappa shape index (κ1) is 16.1. The maximum atomic E-state index is 9.89. The van der Waals surface area contributed by atoms with E-state index in [0.29, 0.717) is 0 Å². The van der Waals surface area contributed by atoms with E-state index in [9.17, 15) is 10.2 Å². The lowest BCUT2D eigenvalue weighted by molar-refractivity contribution is 0.345. The topological polar surface area (TPSA) is 145 Å². The van der Waals surface area contributed by atoms with Crippen LogP contribution >= 0.6 is 0 Å². The van der Waals surface area contributed by atoms with E-state index in [1.54, 1.807) is 24.3 Å². The van der Waals surface area contributed by atoms with Crippen molar-refractivity contribution < 1.29 is 10.2 Å². The summed E-state index contributed by atoms with van der Waals surface area (Å²) >= 11 is 0. The second-order valence-corrected chi connectivity index (χ2v) is 6.65. The van der Waals surface area contributed by atoms with Gasteiger partial charge in [-0.05, 0) is 48.2 Å². The molecule has 0 atom stereocenters. The molecular formula is C18H24N4O2. The summed E-state index contributed by atoms with van der Waals surface area (Å²) in [6.07, 6.45) is 5.08. The highest BCUT2D eigenvalue weighted by atomic mass is 16.3. The number of rotatable bonds is 2. The first-order valence-electron chi connectivity index (χ1n) is 8.12. The van der Waals surface area contributed by atoms with Crippen LogP contribution in [0.5, 0.6) is 11.5 Å². The van der Waals surface area contributed by atoms with E-state index in [1.165, 1.54) is 0 Å². The normalized spacial score (nSPS) is 16.8. The standard InChI is InChI=1S/C18H24N4O2/c19-12-6-10(7-13(20)16(12)23)18(4-2-1-3-5-18)11-8-14(21)17(24)15(22)9-11/h6-9,23-24H,1-5,19-22H2. The Morgan fingerprint density at radius 1 is 0.625 bits per heavy atom. The molecule has 0 aliphatic heterocycles. The fourth-order valence-electron chi connectivity index (χ4n) is 3.81. The predicted octanol–water partition coefficient (Wildman–Crippen LogP) is 2.68. The first-order chi connectivity index (χ1) is 11.3. The highest BCUT2D eigenvalue weighted by Gasteiger charge is 2.37. The number of anilines is 4. The lowest BCUT2D eigenvalue weighted by Crippen LogP contribution is -2.31. The molecule has 6 heteroatoms. The molecule has 1 aliphatic carbocycles. The summed E-state index contributed by atoms with van der Waals surface area (Å²) in [7, 11) is 0. The fourth-order valence-corrected chi connectivity index (χ4v) is 3.81. The van der Waals surface area contributed by atoms with Gasteiger partial charge in [-0.2, -0.15) is 0 Å². The monoisotopic (exact) mass is 328 g/mol. The molecule has 0 saturated heterocycles. The summed E-state index contributed by atoms with van der Waals surface area (Å²) < 4.78 is 0. The van der Waals surface area contributed by atoms with Crippen LogP contribution in [0.3, 0.4) is 0 Å². The third-order valence-electron chi connectivity index (χ3n) is 5.15. The molecule has 6 nitrogen and oxygen atoms in total. The summed E-state index contributed by atoms with van der Waals surface area (Å²) in [5.41, 5.74) is 26.3. The first-order valence-corrected chi connectivity index (χ1v) is 8.12. The smallest absolute Gasteiger partial charge is 0.161 e. The second kappa shape index (κ2) is 5.70. The summed E-state index contributed by atoms with van der Waals surface area (Å²) in [5.74, 6) is -0.177. The van der Waals surface area contributed by atoms with Gasteiger partial charge in [-0.15, -0.1) is 0 Å². The van der Waals surface area contributed by atoms with Gasteiger partial charge in [-0.1, -0.05) is 19.3 Å². The Morgan fingerprint density at radius 3 is 1.29 bits per heavy atom. The summed E-state index contributed by atoms with van der Waals surface area (Å²) in [6, 6.07) is 7.10. The minimum Gasteiger partial charge on any atom is -0.504 e. The predicted molar refractivity (Wildman–Crippen MR) is 97.7 cm³/mol. The average Bonchev–Trinajstić information content (AvgIpc) is 2.57. The molecule has 0 amide bonds. The number of benzene rings is 2. The van der Waals surface area contributed by atoms with E-state index in [2.05, 4.69) is 0 Å². The Labute approximate surface area is 141 Å². The maximum Gasteiger partial charge on any atom is 0.161 e. The summed E-state index contributed by atoms with van der Waals surface area (Å²) in [6.45, 7) is 0. The highest BCUT2D eigenvalue weighted by molar-refractivity contribution is 5.72. The molecular weight excluding hydrogens is 304 g/mol. The third-order valence-corrected chi connectivity index (χ3v) is 5.15. The number of nitrogen functional groups attached to an aromatic ring is 4. The van der Waals surface area contributed by atoms with Crippen molar-refractivity contribution in [2.45, 2.75) is 37.5 Å². The minimum absolute atomic E-state index is 0.0885. The van der Waals surface area contributed by atoms with Gasteiger partial charge in [0.1, 0.15) is 0 Å². The second-order valence-electron chi connectivity index (χ2n) is 6.65. The van der Waals surface area contributed by atoms with Crippen LogP contribution < -0.4 is 22.9 Å². The average molecular weight is 328 g/mol. The number of hydrogen-bond acceptors (Lipinski definition) is 6. The van der Waals surface area contributed by atoms with Crippen molar-refractivity contribution in [1.29, 1.82) is 0 Å². The van der Waals surface area contributed by atoms with Crippen LogP contribution in [0.15, 0.2) is 24.3 Å². The molecule has 2 aromatic rings. The highest BCUT2D eigenvalue weighted by Crippen LogP contribution is 2.49. The molecule has 0 heterocycles. The molecule has 0 bridgehead atoms. The Morgan fingerprint density at radius 2 is 0.958 bits per heavy atom. The van der Waals surface area contributed by atoms with Crippen molar-refractivity contribution in [2.24, 2.45) is 0 Å². The molecule has 24 heavy (non-hydrogen) atoms. The quantitative estimate of drug-likeness (QED) is 0.369. The number of hydrogen-bond donors (Lipinski definition) is 6. The van der Waals surface area contributed by atoms with E-state index >= 15 is 0 Å². The van der Waals surface area contributed by atoms with Gasteiger partial charge in [0.05, 0.1) is 22.7 Å². The van der Waals surface area contributed by atoms with Gasteiger partial charge < -0.3 is 33.1 Å². The number of phenols is 2. The minimum atomic E-state index is -0.329. The van der Waals surface area contributed by atoms with Crippen LogP contribution in [0, 0.1) is 0 Å². The fraction of sp³-hybridized carbons (Fsp3) is 0.333. The lowest BCUT2D eigenvalue weighted by atomic mass is 9.65. The zero-order valence-corrected chi connectivity index (χ0v) is 13.5. The van der Waals surface area contributed by atoms with Gasteiger partial charge in [-0.25, -0.2) is 0 Å². The molecule has 1 aliphatic rings. The van der Waals surface area contributed by atoms with Crippen LogP contribution in [-0.4, -0.2) is 10.2 Å². The van der Waals surface area contributed by atoms with Gasteiger partial charge >= 0.3 is 0 Å². The Balaban J connectivity index is 2.23. The van der Waals surface area contributed by atoms with Crippen LogP contribution in [0.25, 0.3) is 0 Å². The molecule has 0 radical (unpaired) electrons. The van der Waals surface area contributed by atoms with E-state index in [1.807, 2.05) is 0 Å². The Hall–Kier alpha value is -2.76. The molecule has 1 fully saturated rings. The molecule has 1 saturated carbocycles. The van der Waals surface area contributed by atoms with Crippen molar-refractivity contribution in [3.05, 3.63) is 35.4 Å². The van der Waals surface area contributed by atoms with E-state index in [-0.39, 0.29) is 39.7 Å². The number of aromatic hydroxyl groups is 2. The van der Waals surface area contributed by atoms with E-state index in [4.69, 9.17) is 22.9 Å². The molecule has 3 rings (SSSR count). The van der Waals surface area contributed by atoms with Crippen molar-refractivity contribution in [2.75, 3.05) is 22.9 Å². The van der Waals surface area contributed by atoms with Crippen LogP contribution in [0.2, 0.25) is 0 Å². The van der Waals surface area contributed by atoms with Gasteiger partial charge in [0.25, 0.3) is 0 Å². The Kier molecular flexibility index (Phi) is 3.83. The number of phenolic OH excluding ortho intramolecular Hbond substituents is 2. The summed E-state index contributed by atoms with van der Waals surface area (Å²) in [5, 5.41) is 19.8. The van der Waals surface area contributed by atoms with Gasteiger partial charge in [0.2, 0.25) is 0 Å². The molecule has 2 aromatic carbocycles. The SMILES string of the molecule is Nc1cc(C2(c3cc(N)c(O)c(N)c3)CCCCC2)cc(N)c1O. The van der Waals surface area contributed by atoms with Crippen LogP contribution in [0.4, 0.5) is 22.7 Å². The van der Waals surface area contributed by atoms with E-state index < -0.39 is 0 Å². The zero-order valence-electron chi connectivity index (χ0n) is 13.5. The van der Waals surface area contributed by atoms with Gasteiger partial charge in [0, 0.05) is 5.41 Å². The molecule has 0 unspecified atom stereocenters. The molecule has 10 N–H and O–H groups in total. The van der Waals surface area contributed by atoms with Gasteiger partial charge in [-0.3, -0.25) is 0 Å². The van der Waals surface area contributed by atoms with Gasteiger partial charge in [0.15, 0.2) is 11.5 Å². The molecule has 0 spiro atoms. The van der Waals surface area contributed by atoms with E-state index in [0.717, 1.165) is 43.2 Å². The maximum absolute atomic E-state index is 9.89. The Bertz CT molecular complexity index is 677. The van der Waals surface area contributed by atoms with Crippen LogP contribution in [-0.2, 0) is 5.41 Å². The lowest BCUT2D eigenvalue weighted by Gasteiger charge is -2.39. The van der Waals surface area contributed by atoms with Crippen LogP contribution in [0.1, 0.15) is 43.2 Å². The zero-order chi connectivity index (χ0) is 17.5. The number of nitrogens with two attached hydrogens (primary N) is 4. The summed E-state index contributed by atoms with van der Waals surface area (Å²) in [4.78, 5) is 0. The van der Waals surface area contributed by atoms with Crippen molar-refractivity contribution >= 4 is 22.7 Å². The molecule has 0 aromatic heterocycles. The van der Waals surface area contributed by atoms with Crippen molar-refractivity contribution in [3.63, 3.8) is 0 Å². The van der Waals surface area contributed by atoms with Crippen molar-refractivity contribution in [1.82, 2.24) is 0 Å².